The smallest absolute Gasteiger partial charge is 0.205 e. The van der Waals surface area contributed by atoms with Gasteiger partial charge in [-0.25, -0.2) is 0 Å². The number of fused-ring (bicyclic) bond motifs is 1. The molecule has 0 radical (unpaired) electrons. The van der Waals surface area contributed by atoms with Gasteiger partial charge in [-0.2, -0.15) is 5.26 Å². The molecule has 3 rings (SSSR count). The Bertz CT molecular complexity index is 990. The first-order chi connectivity index (χ1) is 11.7. The third-order valence-corrected chi connectivity index (χ3v) is 3.92. The number of methoxy groups -OCH3 is 1. The number of aryl methyl sites for hydroxylation is 1. The molecule has 0 unspecified atom stereocenters. The predicted octanol–water partition coefficient (Wildman–Crippen LogP) is 4.27. The SMILES string of the molecule is COc1ccccc1/C=C(\C#N)C(=O)c1c(C)[nH]c2ccccc12. The quantitative estimate of drug-likeness (QED) is 0.444. The summed E-state index contributed by atoms with van der Waals surface area (Å²) in [6, 6.07) is 16.9. The molecule has 1 N–H and O–H groups in total. The highest BCUT2D eigenvalue weighted by atomic mass is 16.5. The molecule has 4 heteroatoms. The number of nitrogens with zero attached hydrogens (tertiary/aromatic N) is 1. The monoisotopic (exact) mass is 316 g/mol. The van der Waals surface area contributed by atoms with Crippen molar-refractivity contribution >= 4 is 22.8 Å². The van der Waals surface area contributed by atoms with Crippen LogP contribution in [0.25, 0.3) is 17.0 Å². The third kappa shape index (κ3) is 2.68. The van der Waals surface area contributed by atoms with Crippen molar-refractivity contribution in [3.05, 3.63) is 70.9 Å². The van der Waals surface area contributed by atoms with E-state index in [1.165, 1.54) is 0 Å². The van der Waals surface area contributed by atoms with Crippen molar-refractivity contribution in [3.8, 4) is 11.8 Å². The Morgan fingerprint density at radius 1 is 1.17 bits per heavy atom. The minimum absolute atomic E-state index is 0.0763. The molecule has 1 aromatic heterocycles. The van der Waals surface area contributed by atoms with E-state index in [2.05, 4.69) is 4.98 Å². The number of nitriles is 1. The van der Waals surface area contributed by atoms with Gasteiger partial charge in [0.2, 0.25) is 5.78 Å². The van der Waals surface area contributed by atoms with Gasteiger partial charge in [-0.05, 0) is 25.1 Å². The molecular formula is C20H16N2O2. The number of Topliss-reactive ketones (excluding diaryl/α,β-unsaturated/α-hetero) is 1. The molecule has 0 atom stereocenters. The summed E-state index contributed by atoms with van der Waals surface area (Å²) in [5, 5.41) is 10.3. The average molecular weight is 316 g/mol. The number of H-pyrrole nitrogens is 1. The summed E-state index contributed by atoms with van der Waals surface area (Å²) >= 11 is 0. The number of aromatic nitrogens is 1. The Morgan fingerprint density at radius 3 is 2.62 bits per heavy atom. The van der Waals surface area contributed by atoms with E-state index in [-0.39, 0.29) is 11.4 Å². The zero-order chi connectivity index (χ0) is 17.1. The highest BCUT2D eigenvalue weighted by molar-refractivity contribution is 6.20. The predicted molar refractivity (Wildman–Crippen MR) is 94.0 cm³/mol. The number of ketones is 1. The summed E-state index contributed by atoms with van der Waals surface area (Å²) in [7, 11) is 1.56. The average Bonchev–Trinajstić information content (AvgIpc) is 2.95. The lowest BCUT2D eigenvalue weighted by molar-refractivity contribution is 0.104. The summed E-state index contributed by atoms with van der Waals surface area (Å²) in [6.45, 7) is 1.84. The second-order valence-electron chi connectivity index (χ2n) is 5.41. The number of hydrogen-bond acceptors (Lipinski definition) is 3. The topological polar surface area (TPSA) is 65.9 Å². The Labute approximate surface area is 140 Å². The molecule has 24 heavy (non-hydrogen) atoms. The van der Waals surface area contributed by atoms with Crippen LogP contribution in [0.5, 0.6) is 5.75 Å². The van der Waals surface area contributed by atoms with Gasteiger partial charge in [0.25, 0.3) is 0 Å². The van der Waals surface area contributed by atoms with Crippen LogP contribution in [-0.4, -0.2) is 17.9 Å². The van der Waals surface area contributed by atoms with Gasteiger partial charge in [0.05, 0.1) is 12.7 Å². The van der Waals surface area contributed by atoms with E-state index < -0.39 is 0 Å². The standard InChI is InChI=1S/C20H16N2O2/c1-13-19(16-8-4-5-9-17(16)22-13)20(23)15(12-21)11-14-7-3-6-10-18(14)24-2/h3-11,22H,1-2H3/b15-11+. The molecule has 118 valence electrons. The normalized spacial score (nSPS) is 11.3. The molecule has 0 aliphatic heterocycles. The van der Waals surface area contributed by atoms with Crippen molar-refractivity contribution < 1.29 is 9.53 Å². The number of carbonyl (C=O) groups is 1. The largest absolute Gasteiger partial charge is 0.496 e. The van der Waals surface area contributed by atoms with Gasteiger partial charge < -0.3 is 9.72 Å². The molecular weight excluding hydrogens is 300 g/mol. The van der Waals surface area contributed by atoms with Crippen molar-refractivity contribution in [2.75, 3.05) is 7.11 Å². The fraction of sp³-hybridized carbons (Fsp3) is 0.100. The third-order valence-electron chi connectivity index (χ3n) is 3.92. The minimum atomic E-state index is -0.293. The zero-order valence-electron chi connectivity index (χ0n) is 13.5. The molecule has 0 saturated carbocycles. The van der Waals surface area contributed by atoms with Gasteiger partial charge >= 0.3 is 0 Å². The van der Waals surface area contributed by atoms with Crippen LogP contribution >= 0.6 is 0 Å². The fourth-order valence-corrected chi connectivity index (χ4v) is 2.79. The molecule has 2 aromatic carbocycles. The summed E-state index contributed by atoms with van der Waals surface area (Å²) in [5.41, 5.74) is 2.94. The van der Waals surface area contributed by atoms with Gasteiger partial charge in [-0.1, -0.05) is 36.4 Å². The van der Waals surface area contributed by atoms with Gasteiger partial charge in [0.1, 0.15) is 17.4 Å². The molecule has 0 spiro atoms. The second-order valence-corrected chi connectivity index (χ2v) is 5.41. The van der Waals surface area contributed by atoms with Gasteiger partial charge in [-0.3, -0.25) is 4.79 Å². The van der Waals surface area contributed by atoms with Crippen molar-refractivity contribution in [1.82, 2.24) is 4.98 Å². The molecule has 0 aliphatic carbocycles. The Morgan fingerprint density at radius 2 is 1.88 bits per heavy atom. The molecule has 0 saturated heterocycles. The fourth-order valence-electron chi connectivity index (χ4n) is 2.79. The first-order valence-corrected chi connectivity index (χ1v) is 7.52. The van der Waals surface area contributed by atoms with E-state index in [0.29, 0.717) is 16.9 Å². The Hall–Kier alpha value is -3.32. The van der Waals surface area contributed by atoms with Crippen LogP contribution in [0.4, 0.5) is 0 Å². The Kier molecular flexibility index (Phi) is 4.17. The van der Waals surface area contributed by atoms with E-state index in [9.17, 15) is 10.1 Å². The van der Waals surface area contributed by atoms with E-state index in [4.69, 9.17) is 4.74 Å². The molecule has 0 amide bonds. The number of rotatable bonds is 4. The number of benzene rings is 2. The lowest BCUT2D eigenvalue weighted by Crippen LogP contribution is -2.03. The van der Waals surface area contributed by atoms with Crippen LogP contribution in [-0.2, 0) is 0 Å². The van der Waals surface area contributed by atoms with Crippen LogP contribution in [0.1, 0.15) is 21.6 Å². The molecule has 0 aliphatic rings. The van der Waals surface area contributed by atoms with Gasteiger partial charge in [0, 0.05) is 22.2 Å². The minimum Gasteiger partial charge on any atom is -0.496 e. The van der Waals surface area contributed by atoms with Crippen molar-refractivity contribution in [1.29, 1.82) is 5.26 Å². The number of carbonyl (C=O) groups excluding carboxylic acids is 1. The summed E-state index contributed by atoms with van der Waals surface area (Å²) in [4.78, 5) is 16.1. The molecule has 3 aromatic rings. The highest BCUT2D eigenvalue weighted by Gasteiger charge is 2.20. The van der Waals surface area contributed by atoms with Crippen molar-refractivity contribution in [2.24, 2.45) is 0 Å². The van der Waals surface area contributed by atoms with Crippen LogP contribution in [0.15, 0.2) is 54.1 Å². The maximum absolute atomic E-state index is 12.9. The second kappa shape index (κ2) is 6.43. The van der Waals surface area contributed by atoms with E-state index >= 15 is 0 Å². The number of ether oxygens (including phenoxy) is 1. The van der Waals surface area contributed by atoms with E-state index in [1.54, 1.807) is 19.3 Å². The van der Waals surface area contributed by atoms with Crippen molar-refractivity contribution in [2.45, 2.75) is 6.92 Å². The first-order valence-electron chi connectivity index (χ1n) is 7.52. The summed E-state index contributed by atoms with van der Waals surface area (Å²) in [6.07, 6.45) is 1.57. The highest BCUT2D eigenvalue weighted by Crippen LogP contribution is 2.26. The molecule has 1 heterocycles. The number of hydrogen-bond donors (Lipinski definition) is 1. The lowest BCUT2D eigenvalue weighted by atomic mass is 9.99. The Balaban J connectivity index is 2.11. The first kappa shape index (κ1) is 15.6. The van der Waals surface area contributed by atoms with Gasteiger partial charge in [0.15, 0.2) is 0 Å². The van der Waals surface area contributed by atoms with Crippen LogP contribution in [0, 0.1) is 18.3 Å². The van der Waals surface area contributed by atoms with E-state index in [0.717, 1.165) is 16.6 Å². The summed E-state index contributed by atoms with van der Waals surface area (Å²) in [5.74, 6) is 0.326. The van der Waals surface area contributed by atoms with E-state index in [1.807, 2.05) is 55.5 Å². The lowest BCUT2D eigenvalue weighted by Gasteiger charge is -2.05. The van der Waals surface area contributed by atoms with Crippen LogP contribution in [0.2, 0.25) is 0 Å². The number of nitrogens with one attached hydrogen (secondary N) is 1. The van der Waals surface area contributed by atoms with Crippen LogP contribution in [0.3, 0.4) is 0 Å². The summed E-state index contributed by atoms with van der Waals surface area (Å²) < 4.78 is 5.28. The zero-order valence-corrected chi connectivity index (χ0v) is 13.5. The number of para-hydroxylation sites is 2. The van der Waals surface area contributed by atoms with Crippen LogP contribution < -0.4 is 4.74 Å². The maximum atomic E-state index is 12.9. The van der Waals surface area contributed by atoms with Crippen molar-refractivity contribution in [3.63, 3.8) is 0 Å². The number of aromatic amines is 1. The van der Waals surface area contributed by atoms with Gasteiger partial charge in [-0.15, -0.1) is 0 Å². The number of allylic oxidation sites excluding steroid dienone is 1. The molecule has 0 fully saturated rings. The molecule has 0 bridgehead atoms. The molecule has 4 nitrogen and oxygen atoms in total. The maximum Gasteiger partial charge on any atom is 0.205 e.